The topological polar surface area (TPSA) is 82.4 Å². The fraction of sp³-hybridized carbons (Fsp3) is 0.143. The molecule has 0 atom stereocenters. The number of hydrogen-bond donors (Lipinski definition) is 0. The molecule has 2 aromatic heterocycles. The van der Waals surface area contributed by atoms with Crippen LogP contribution in [0.25, 0.3) is 5.65 Å². The van der Waals surface area contributed by atoms with Crippen molar-refractivity contribution < 1.29 is 4.92 Å². The first-order chi connectivity index (χ1) is 10.2. The summed E-state index contributed by atoms with van der Waals surface area (Å²) in [7, 11) is 0. The number of pyridine rings is 1. The summed E-state index contributed by atoms with van der Waals surface area (Å²) < 4.78 is 2.77. The molecule has 0 unspecified atom stereocenters. The van der Waals surface area contributed by atoms with E-state index in [2.05, 4.69) is 5.10 Å². The highest BCUT2D eigenvalue weighted by atomic mass is 16.6. The van der Waals surface area contributed by atoms with E-state index < -0.39 is 4.92 Å². The van der Waals surface area contributed by atoms with Crippen molar-refractivity contribution in [3.05, 3.63) is 74.8 Å². The molecular formula is C14H12N4O3. The van der Waals surface area contributed by atoms with Gasteiger partial charge in [-0.25, -0.2) is 9.48 Å². The second-order valence-electron chi connectivity index (χ2n) is 4.57. The molecule has 0 aliphatic heterocycles. The Morgan fingerprint density at radius 3 is 2.67 bits per heavy atom. The first-order valence-corrected chi connectivity index (χ1v) is 6.43. The van der Waals surface area contributed by atoms with Gasteiger partial charge in [-0.15, -0.1) is 5.10 Å². The van der Waals surface area contributed by atoms with Crippen molar-refractivity contribution >= 4 is 11.3 Å². The van der Waals surface area contributed by atoms with Gasteiger partial charge in [0, 0.05) is 17.8 Å². The average Bonchev–Trinajstić information content (AvgIpc) is 2.82. The first-order valence-electron chi connectivity index (χ1n) is 6.43. The monoisotopic (exact) mass is 284 g/mol. The molecule has 0 N–H and O–H groups in total. The molecule has 0 amide bonds. The Bertz CT molecular complexity index is 866. The molecule has 0 saturated carbocycles. The van der Waals surface area contributed by atoms with Gasteiger partial charge in [0.05, 0.1) is 11.5 Å². The van der Waals surface area contributed by atoms with E-state index in [0.29, 0.717) is 24.2 Å². The minimum absolute atomic E-state index is 0.0642. The molecule has 0 fully saturated rings. The van der Waals surface area contributed by atoms with Crippen molar-refractivity contribution in [2.75, 3.05) is 0 Å². The van der Waals surface area contributed by atoms with E-state index in [1.54, 1.807) is 42.6 Å². The fourth-order valence-corrected chi connectivity index (χ4v) is 2.24. The molecule has 3 rings (SSSR count). The first kappa shape index (κ1) is 13.0. The number of nitro benzene ring substituents is 1. The highest BCUT2D eigenvalue weighted by Gasteiger charge is 2.13. The highest BCUT2D eigenvalue weighted by Crippen LogP contribution is 2.18. The Labute approximate surface area is 119 Å². The van der Waals surface area contributed by atoms with Gasteiger partial charge in [0.15, 0.2) is 5.65 Å². The van der Waals surface area contributed by atoms with E-state index >= 15 is 0 Å². The van der Waals surface area contributed by atoms with Crippen LogP contribution in [0.1, 0.15) is 5.56 Å². The lowest BCUT2D eigenvalue weighted by Crippen LogP contribution is -2.22. The Hall–Kier alpha value is -2.96. The number of rotatable bonds is 4. The van der Waals surface area contributed by atoms with Crippen molar-refractivity contribution in [3.63, 3.8) is 0 Å². The van der Waals surface area contributed by atoms with Crippen molar-refractivity contribution in [3.8, 4) is 0 Å². The van der Waals surface area contributed by atoms with E-state index in [4.69, 9.17) is 0 Å². The Morgan fingerprint density at radius 1 is 1.14 bits per heavy atom. The zero-order valence-corrected chi connectivity index (χ0v) is 11.0. The quantitative estimate of drug-likeness (QED) is 0.538. The maximum atomic E-state index is 12.1. The molecular weight excluding hydrogens is 272 g/mol. The van der Waals surface area contributed by atoms with Gasteiger partial charge in [0.25, 0.3) is 5.69 Å². The number of nitrogens with zero attached hydrogens (tertiary/aromatic N) is 4. The normalized spacial score (nSPS) is 10.9. The fourth-order valence-electron chi connectivity index (χ4n) is 2.24. The van der Waals surface area contributed by atoms with Crippen LogP contribution in [0.15, 0.2) is 53.5 Å². The molecule has 7 heteroatoms. The van der Waals surface area contributed by atoms with Gasteiger partial charge in [-0.05, 0) is 18.6 Å². The lowest BCUT2D eigenvalue weighted by molar-refractivity contribution is -0.385. The van der Waals surface area contributed by atoms with Crippen molar-refractivity contribution in [1.29, 1.82) is 0 Å². The smallest absolute Gasteiger partial charge is 0.258 e. The molecule has 1 aromatic carbocycles. The number of aromatic nitrogens is 3. The summed E-state index contributed by atoms with van der Waals surface area (Å²) in [5, 5.41) is 15.2. The van der Waals surface area contributed by atoms with Gasteiger partial charge >= 0.3 is 5.69 Å². The molecule has 7 nitrogen and oxygen atoms in total. The van der Waals surface area contributed by atoms with Crippen molar-refractivity contribution in [2.24, 2.45) is 0 Å². The Morgan fingerprint density at radius 2 is 1.90 bits per heavy atom. The summed E-state index contributed by atoms with van der Waals surface area (Å²) in [6.45, 7) is 0.297. The van der Waals surface area contributed by atoms with E-state index in [9.17, 15) is 14.9 Å². The minimum Gasteiger partial charge on any atom is -0.258 e. The van der Waals surface area contributed by atoms with Crippen LogP contribution in [0.5, 0.6) is 0 Å². The van der Waals surface area contributed by atoms with E-state index in [1.807, 2.05) is 0 Å². The van der Waals surface area contributed by atoms with Crippen LogP contribution in [-0.2, 0) is 13.0 Å². The van der Waals surface area contributed by atoms with Gasteiger partial charge in [0.1, 0.15) is 0 Å². The summed E-state index contributed by atoms with van der Waals surface area (Å²) in [6, 6.07) is 11.8. The molecule has 0 radical (unpaired) electrons. The number of para-hydroxylation sites is 1. The molecule has 3 aromatic rings. The van der Waals surface area contributed by atoms with Crippen LogP contribution in [0.3, 0.4) is 0 Å². The van der Waals surface area contributed by atoms with Crippen molar-refractivity contribution in [2.45, 2.75) is 13.0 Å². The van der Waals surface area contributed by atoms with E-state index in [-0.39, 0.29) is 11.4 Å². The third kappa shape index (κ3) is 2.40. The van der Waals surface area contributed by atoms with Crippen molar-refractivity contribution in [1.82, 2.24) is 14.2 Å². The van der Waals surface area contributed by atoms with Crippen LogP contribution in [-0.4, -0.2) is 19.1 Å². The van der Waals surface area contributed by atoms with Crippen LogP contribution < -0.4 is 5.69 Å². The lowest BCUT2D eigenvalue weighted by Gasteiger charge is -2.02. The maximum Gasteiger partial charge on any atom is 0.350 e. The van der Waals surface area contributed by atoms with Crippen LogP contribution >= 0.6 is 0 Å². The number of nitro groups is 1. The van der Waals surface area contributed by atoms with Crippen LogP contribution in [0.4, 0.5) is 5.69 Å². The van der Waals surface area contributed by atoms with E-state index in [1.165, 1.54) is 15.1 Å². The largest absolute Gasteiger partial charge is 0.350 e. The third-order valence-corrected chi connectivity index (χ3v) is 3.27. The Kier molecular flexibility index (Phi) is 3.23. The third-order valence-electron chi connectivity index (χ3n) is 3.27. The number of fused-ring (bicyclic) bond motifs is 1. The summed E-state index contributed by atoms with van der Waals surface area (Å²) in [4.78, 5) is 22.6. The number of hydrogen-bond acceptors (Lipinski definition) is 4. The highest BCUT2D eigenvalue weighted by molar-refractivity contribution is 5.40. The molecule has 0 spiro atoms. The van der Waals surface area contributed by atoms with Crippen LogP contribution in [0, 0.1) is 10.1 Å². The Balaban J connectivity index is 1.89. The molecule has 21 heavy (non-hydrogen) atoms. The summed E-state index contributed by atoms with van der Waals surface area (Å²) >= 11 is 0. The molecule has 0 aliphatic rings. The second kappa shape index (κ2) is 5.20. The maximum absolute atomic E-state index is 12.1. The second-order valence-corrected chi connectivity index (χ2v) is 4.57. The summed E-state index contributed by atoms with van der Waals surface area (Å²) in [5.41, 5.74) is 0.968. The van der Waals surface area contributed by atoms with E-state index in [0.717, 1.165) is 0 Å². The van der Waals surface area contributed by atoms with Gasteiger partial charge < -0.3 is 0 Å². The molecule has 0 saturated heterocycles. The number of aryl methyl sites for hydroxylation is 2. The SMILES string of the molecule is O=c1n(CCc2ccccc2[N+](=O)[O-])nc2ccccn12. The van der Waals surface area contributed by atoms with Gasteiger partial charge in [-0.2, -0.15) is 0 Å². The summed E-state index contributed by atoms with van der Waals surface area (Å²) in [6.07, 6.45) is 2.02. The summed E-state index contributed by atoms with van der Waals surface area (Å²) in [5.74, 6) is 0. The average molecular weight is 284 g/mol. The molecule has 2 heterocycles. The molecule has 106 valence electrons. The zero-order chi connectivity index (χ0) is 14.8. The van der Waals surface area contributed by atoms with Gasteiger partial charge in [-0.3, -0.25) is 14.5 Å². The minimum atomic E-state index is -0.415. The standard InChI is InChI=1S/C14H12N4O3/c19-14-16-9-4-3-7-13(16)15-17(14)10-8-11-5-1-2-6-12(11)18(20)21/h1-7,9H,8,10H2. The van der Waals surface area contributed by atoms with Gasteiger partial charge in [0.2, 0.25) is 0 Å². The predicted octanol–water partition coefficient (Wildman–Crippen LogP) is 1.65. The predicted molar refractivity (Wildman–Crippen MR) is 76.3 cm³/mol. The van der Waals surface area contributed by atoms with Crippen LogP contribution in [0.2, 0.25) is 0 Å². The number of benzene rings is 1. The lowest BCUT2D eigenvalue weighted by atomic mass is 10.1. The zero-order valence-electron chi connectivity index (χ0n) is 11.0. The molecule has 0 bridgehead atoms. The van der Waals surface area contributed by atoms with Gasteiger partial charge in [-0.1, -0.05) is 24.3 Å². The molecule has 0 aliphatic carbocycles.